The van der Waals surface area contributed by atoms with Crippen molar-refractivity contribution < 1.29 is 14.7 Å². The molecule has 2 fully saturated rings. The highest BCUT2D eigenvalue weighted by Crippen LogP contribution is 2.22. The van der Waals surface area contributed by atoms with Gasteiger partial charge in [-0.1, -0.05) is 0 Å². The van der Waals surface area contributed by atoms with Crippen LogP contribution in [-0.4, -0.2) is 47.6 Å². The number of carbonyl (C=O) groups is 2. The van der Waals surface area contributed by atoms with Crippen LogP contribution in [0.15, 0.2) is 0 Å². The second kappa shape index (κ2) is 6.18. The molecule has 0 unspecified atom stereocenters. The Morgan fingerprint density at radius 1 is 1.17 bits per heavy atom. The molecule has 102 valence electrons. The van der Waals surface area contributed by atoms with E-state index in [-0.39, 0.29) is 12.3 Å². The van der Waals surface area contributed by atoms with Crippen molar-refractivity contribution in [3.63, 3.8) is 0 Å². The number of carboxylic acids is 1. The molecule has 2 rings (SSSR count). The molecule has 2 N–H and O–H groups in total. The molecule has 1 aliphatic carbocycles. The third-order valence-electron chi connectivity index (χ3n) is 3.85. The molecule has 1 saturated heterocycles. The summed E-state index contributed by atoms with van der Waals surface area (Å²) in [4.78, 5) is 24.3. The van der Waals surface area contributed by atoms with Crippen molar-refractivity contribution in [2.24, 2.45) is 5.92 Å². The van der Waals surface area contributed by atoms with Crippen molar-refractivity contribution in [3.8, 4) is 0 Å². The van der Waals surface area contributed by atoms with E-state index >= 15 is 0 Å². The molecule has 0 radical (unpaired) electrons. The Morgan fingerprint density at radius 2 is 1.83 bits per heavy atom. The lowest BCUT2D eigenvalue weighted by atomic mass is 9.92. The number of rotatable bonds is 6. The Hall–Kier alpha value is -1.10. The van der Waals surface area contributed by atoms with Gasteiger partial charge in [-0.2, -0.15) is 0 Å². The quantitative estimate of drug-likeness (QED) is 0.737. The minimum absolute atomic E-state index is 0.193. The molecule has 2 aliphatic rings. The molecule has 1 saturated carbocycles. The fourth-order valence-corrected chi connectivity index (χ4v) is 2.43. The molecule has 0 spiro atoms. The lowest BCUT2D eigenvalue weighted by Gasteiger charge is -2.32. The standard InChI is InChI=1S/C13H22N2O3/c16-12(9-14-11-2-3-11)15-7-5-10(6-8-15)1-4-13(17)18/h10-11,14H,1-9H2,(H,17,18). The summed E-state index contributed by atoms with van der Waals surface area (Å²) in [6.07, 6.45) is 5.29. The third kappa shape index (κ3) is 4.29. The molecule has 1 aliphatic heterocycles. The van der Waals surface area contributed by atoms with Gasteiger partial charge in [0, 0.05) is 25.6 Å². The molecule has 5 nitrogen and oxygen atoms in total. The van der Waals surface area contributed by atoms with Crippen LogP contribution in [0.4, 0.5) is 0 Å². The van der Waals surface area contributed by atoms with Gasteiger partial charge in [0.05, 0.1) is 6.54 Å². The van der Waals surface area contributed by atoms with Gasteiger partial charge in [0.2, 0.25) is 5.91 Å². The number of piperidine rings is 1. The van der Waals surface area contributed by atoms with Crippen LogP contribution in [0.1, 0.15) is 38.5 Å². The maximum absolute atomic E-state index is 11.9. The van der Waals surface area contributed by atoms with E-state index in [1.54, 1.807) is 0 Å². The number of aliphatic carboxylic acids is 1. The number of hydrogen-bond acceptors (Lipinski definition) is 3. The number of nitrogens with zero attached hydrogens (tertiary/aromatic N) is 1. The minimum Gasteiger partial charge on any atom is -0.481 e. The SMILES string of the molecule is O=C(O)CCC1CCN(C(=O)CNC2CC2)CC1. The molecule has 1 heterocycles. The molecule has 0 aromatic heterocycles. The first kappa shape index (κ1) is 13.3. The van der Waals surface area contributed by atoms with Gasteiger partial charge in [0.25, 0.3) is 0 Å². The molecular weight excluding hydrogens is 232 g/mol. The van der Waals surface area contributed by atoms with Crippen molar-refractivity contribution in [2.75, 3.05) is 19.6 Å². The Kier molecular flexibility index (Phi) is 4.58. The molecule has 5 heteroatoms. The van der Waals surface area contributed by atoms with Crippen molar-refractivity contribution in [2.45, 2.75) is 44.6 Å². The first-order valence-electron chi connectivity index (χ1n) is 6.88. The fourth-order valence-electron chi connectivity index (χ4n) is 2.43. The Bertz CT molecular complexity index is 307. The first-order chi connectivity index (χ1) is 8.65. The van der Waals surface area contributed by atoms with E-state index in [0.717, 1.165) is 32.4 Å². The molecule has 0 atom stereocenters. The Labute approximate surface area is 108 Å². The van der Waals surface area contributed by atoms with Gasteiger partial charge in [-0.3, -0.25) is 9.59 Å². The second-order valence-corrected chi connectivity index (χ2v) is 5.41. The predicted octanol–water partition coefficient (Wildman–Crippen LogP) is 0.842. The highest BCUT2D eigenvalue weighted by Gasteiger charge is 2.25. The van der Waals surface area contributed by atoms with E-state index in [9.17, 15) is 9.59 Å². The number of carbonyl (C=O) groups excluding carboxylic acids is 1. The summed E-state index contributed by atoms with van der Waals surface area (Å²) in [5.41, 5.74) is 0. The van der Waals surface area contributed by atoms with Crippen LogP contribution in [0, 0.1) is 5.92 Å². The number of amides is 1. The zero-order valence-electron chi connectivity index (χ0n) is 10.7. The monoisotopic (exact) mass is 254 g/mol. The number of hydrogen-bond donors (Lipinski definition) is 2. The van der Waals surface area contributed by atoms with Gasteiger partial charge in [-0.05, 0) is 38.0 Å². The van der Waals surface area contributed by atoms with E-state index in [0.29, 0.717) is 18.5 Å². The molecule has 18 heavy (non-hydrogen) atoms. The van der Waals surface area contributed by atoms with Crippen molar-refractivity contribution in [1.29, 1.82) is 0 Å². The summed E-state index contributed by atoms with van der Waals surface area (Å²) in [6, 6.07) is 0.571. The van der Waals surface area contributed by atoms with Crippen molar-refractivity contribution in [1.82, 2.24) is 10.2 Å². The van der Waals surface area contributed by atoms with Crippen LogP contribution >= 0.6 is 0 Å². The highest BCUT2D eigenvalue weighted by atomic mass is 16.4. The summed E-state index contributed by atoms with van der Waals surface area (Å²) in [5, 5.41) is 11.9. The third-order valence-corrected chi connectivity index (χ3v) is 3.85. The Morgan fingerprint density at radius 3 is 2.39 bits per heavy atom. The number of nitrogens with one attached hydrogen (secondary N) is 1. The molecule has 0 aromatic carbocycles. The smallest absolute Gasteiger partial charge is 0.303 e. The molecule has 0 aromatic rings. The van der Waals surface area contributed by atoms with E-state index in [1.807, 2.05) is 4.90 Å². The van der Waals surface area contributed by atoms with Crippen LogP contribution in [0.3, 0.4) is 0 Å². The van der Waals surface area contributed by atoms with Gasteiger partial charge < -0.3 is 15.3 Å². The van der Waals surface area contributed by atoms with Crippen LogP contribution in [-0.2, 0) is 9.59 Å². The zero-order chi connectivity index (χ0) is 13.0. The van der Waals surface area contributed by atoms with Crippen LogP contribution in [0.2, 0.25) is 0 Å². The highest BCUT2D eigenvalue weighted by molar-refractivity contribution is 5.78. The normalized spacial score (nSPS) is 21.0. The topological polar surface area (TPSA) is 69.6 Å². The predicted molar refractivity (Wildman–Crippen MR) is 67.2 cm³/mol. The van der Waals surface area contributed by atoms with Crippen LogP contribution in [0.25, 0.3) is 0 Å². The largest absolute Gasteiger partial charge is 0.481 e. The molecule has 1 amide bonds. The summed E-state index contributed by atoms with van der Waals surface area (Å²) < 4.78 is 0. The number of likely N-dealkylation sites (tertiary alicyclic amines) is 1. The van der Waals surface area contributed by atoms with Gasteiger partial charge in [0.15, 0.2) is 0 Å². The summed E-state index contributed by atoms with van der Waals surface area (Å²) in [5.74, 6) is -0.0535. The zero-order valence-corrected chi connectivity index (χ0v) is 10.7. The van der Waals surface area contributed by atoms with Gasteiger partial charge in [-0.25, -0.2) is 0 Å². The van der Waals surface area contributed by atoms with E-state index < -0.39 is 5.97 Å². The second-order valence-electron chi connectivity index (χ2n) is 5.41. The van der Waals surface area contributed by atoms with Crippen LogP contribution < -0.4 is 5.32 Å². The average Bonchev–Trinajstić information content (AvgIpc) is 3.18. The van der Waals surface area contributed by atoms with Crippen LogP contribution in [0.5, 0.6) is 0 Å². The summed E-state index contributed by atoms with van der Waals surface area (Å²) in [6.45, 7) is 2.04. The maximum Gasteiger partial charge on any atom is 0.303 e. The number of carboxylic acid groups (broad SMARTS) is 1. The summed E-state index contributed by atoms with van der Waals surface area (Å²) in [7, 11) is 0. The fraction of sp³-hybridized carbons (Fsp3) is 0.846. The van der Waals surface area contributed by atoms with E-state index in [1.165, 1.54) is 12.8 Å². The lowest BCUT2D eigenvalue weighted by molar-refractivity contribution is -0.138. The molecular formula is C13H22N2O3. The van der Waals surface area contributed by atoms with Gasteiger partial charge in [0.1, 0.15) is 0 Å². The summed E-state index contributed by atoms with van der Waals surface area (Å²) >= 11 is 0. The Balaban J connectivity index is 1.62. The minimum atomic E-state index is -0.720. The van der Waals surface area contributed by atoms with E-state index in [4.69, 9.17) is 5.11 Å². The van der Waals surface area contributed by atoms with Gasteiger partial charge >= 0.3 is 5.97 Å². The lowest BCUT2D eigenvalue weighted by Crippen LogP contribution is -2.43. The average molecular weight is 254 g/mol. The van der Waals surface area contributed by atoms with Crippen molar-refractivity contribution in [3.05, 3.63) is 0 Å². The van der Waals surface area contributed by atoms with Crippen molar-refractivity contribution >= 4 is 11.9 Å². The first-order valence-corrected chi connectivity index (χ1v) is 6.88. The van der Waals surface area contributed by atoms with E-state index in [2.05, 4.69) is 5.32 Å². The maximum atomic E-state index is 11.9. The van der Waals surface area contributed by atoms with Gasteiger partial charge in [-0.15, -0.1) is 0 Å². The molecule has 0 bridgehead atoms.